The molecule has 2 heterocycles. The molecule has 3 aromatic rings. The topological polar surface area (TPSA) is 49.4 Å². The Kier molecular flexibility index (Phi) is 6.09. The minimum Gasteiger partial charge on any atom is -0.497 e. The number of hydrogen-bond acceptors (Lipinski definition) is 5. The van der Waals surface area contributed by atoms with Gasteiger partial charge < -0.3 is 9.64 Å². The standard InChI is InChI=1S/C24H30N4O/c1-4-17-5-9-22(25-13-17)16-28(2)15-21-14-26-27-24(21)20-7-6-19-12-23(29-3)10-8-18(19)11-20/h5-13,21,24,26-27H,4,14-16H2,1-3H3. The van der Waals surface area contributed by atoms with Crippen molar-refractivity contribution >= 4 is 10.8 Å². The van der Waals surface area contributed by atoms with Crippen LogP contribution in [-0.2, 0) is 13.0 Å². The molecule has 1 aliphatic heterocycles. The summed E-state index contributed by atoms with van der Waals surface area (Å²) < 4.78 is 5.34. The third-order valence-electron chi connectivity index (χ3n) is 5.80. The maximum Gasteiger partial charge on any atom is 0.119 e. The number of ether oxygens (including phenoxy) is 1. The molecule has 0 radical (unpaired) electrons. The van der Waals surface area contributed by atoms with Gasteiger partial charge in [0.2, 0.25) is 0 Å². The fourth-order valence-corrected chi connectivity index (χ4v) is 4.12. The summed E-state index contributed by atoms with van der Waals surface area (Å²) in [6, 6.07) is 17.6. The molecule has 2 aromatic carbocycles. The molecule has 1 aliphatic rings. The first-order chi connectivity index (χ1) is 14.2. The summed E-state index contributed by atoms with van der Waals surface area (Å²) in [6.45, 7) is 4.98. The number of rotatable bonds is 7. The van der Waals surface area contributed by atoms with E-state index in [2.05, 4.69) is 77.2 Å². The molecule has 0 spiro atoms. The lowest BCUT2D eigenvalue weighted by Crippen LogP contribution is -2.30. The molecule has 0 bridgehead atoms. The molecule has 0 amide bonds. The fourth-order valence-electron chi connectivity index (χ4n) is 4.12. The second kappa shape index (κ2) is 8.91. The van der Waals surface area contributed by atoms with E-state index in [1.165, 1.54) is 21.9 Å². The Balaban J connectivity index is 1.44. The minimum absolute atomic E-state index is 0.291. The minimum atomic E-state index is 0.291. The molecule has 1 saturated heterocycles. The molecule has 2 atom stereocenters. The van der Waals surface area contributed by atoms with E-state index < -0.39 is 0 Å². The molecule has 0 aliphatic carbocycles. The summed E-state index contributed by atoms with van der Waals surface area (Å²) in [5.74, 6) is 1.39. The van der Waals surface area contributed by atoms with E-state index in [9.17, 15) is 0 Å². The van der Waals surface area contributed by atoms with Crippen molar-refractivity contribution in [3.63, 3.8) is 0 Å². The van der Waals surface area contributed by atoms with Gasteiger partial charge in [0.1, 0.15) is 5.75 Å². The Morgan fingerprint density at radius 1 is 1.10 bits per heavy atom. The Morgan fingerprint density at radius 3 is 2.69 bits per heavy atom. The predicted octanol–water partition coefficient (Wildman–Crippen LogP) is 3.70. The van der Waals surface area contributed by atoms with Crippen LogP contribution in [0.4, 0.5) is 0 Å². The van der Waals surface area contributed by atoms with Gasteiger partial charge in [-0.25, -0.2) is 5.43 Å². The van der Waals surface area contributed by atoms with Gasteiger partial charge in [0.05, 0.1) is 18.8 Å². The summed E-state index contributed by atoms with van der Waals surface area (Å²) >= 11 is 0. The van der Waals surface area contributed by atoms with E-state index in [-0.39, 0.29) is 0 Å². The molecular weight excluding hydrogens is 360 g/mol. The molecule has 1 fully saturated rings. The first kappa shape index (κ1) is 19.8. The van der Waals surface area contributed by atoms with Crippen LogP contribution in [0.3, 0.4) is 0 Å². The van der Waals surface area contributed by atoms with Crippen molar-refractivity contribution in [3.05, 3.63) is 71.5 Å². The molecule has 29 heavy (non-hydrogen) atoms. The lowest BCUT2D eigenvalue weighted by atomic mass is 9.92. The lowest BCUT2D eigenvalue weighted by molar-refractivity contribution is 0.260. The Morgan fingerprint density at radius 2 is 1.93 bits per heavy atom. The number of nitrogens with one attached hydrogen (secondary N) is 2. The third-order valence-corrected chi connectivity index (χ3v) is 5.80. The molecule has 1 aromatic heterocycles. The van der Waals surface area contributed by atoms with Crippen LogP contribution in [0.25, 0.3) is 10.8 Å². The quantitative estimate of drug-likeness (QED) is 0.644. The van der Waals surface area contributed by atoms with Gasteiger partial charge in [0, 0.05) is 31.7 Å². The van der Waals surface area contributed by atoms with Gasteiger partial charge in [-0.3, -0.25) is 10.4 Å². The van der Waals surface area contributed by atoms with Crippen molar-refractivity contribution in [1.82, 2.24) is 20.7 Å². The van der Waals surface area contributed by atoms with E-state index >= 15 is 0 Å². The van der Waals surface area contributed by atoms with Crippen LogP contribution < -0.4 is 15.6 Å². The van der Waals surface area contributed by atoms with Crippen molar-refractivity contribution in [2.75, 3.05) is 27.2 Å². The number of pyridine rings is 1. The number of hydrazine groups is 1. The van der Waals surface area contributed by atoms with E-state index in [1.807, 2.05) is 12.3 Å². The zero-order chi connectivity index (χ0) is 20.2. The van der Waals surface area contributed by atoms with Crippen LogP contribution in [0.15, 0.2) is 54.7 Å². The van der Waals surface area contributed by atoms with Crippen LogP contribution in [0.2, 0.25) is 0 Å². The molecule has 4 rings (SSSR count). The average molecular weight is 391 g/mol. The Labute approximate surface area is 173 Å². The molecule has 0 saturated carbocycles. The smallest absolute Gasteiger partial charge is 0.119 e. The molecular formula is C24H30N4O. The Bertz CT molecular complexity index is 957. The average Bonchev–Trinajstić information content (AvgIpc) is 3.21. The largest absolute Gasteiger partial charge is 0.497 e. The van der Waals surface area contributed by atoms with Crippen molar-refractivity contribution in [1.29, 1.82) is 0 Å². The maximum atomic E-state index is 5.34. The van der Waals surface area contributed by atoms with Gasteiger partial charge in [0.15, 0.2) is 0 Å². The van der Waals surface area contributed by atoms with Crippen LogP contribution in [0.1, 0.15) is 29.8 Å². The monoisotopic (exact) mass is 390 g/mol. The summed E-state index contributed by atoms with van der Waals surface area (Å²) in [5.41, 5.74) is 10.6. The van der Waals surface area contributed by atoms with Crippen molar-refractivity contribution in [2.24, 2.45) is 5.92 Å². The summed E-state index contributed by atoms with van der Waals surface area (Å²) in [7, 11) is 3.88. The number of aromatic nitrogens is 1. The third kappa shape index (κ3) is 4.58. The first-order valence-electron chi connectivity index (χ1n) is 10.3. The number of hydrogen-bond donors (Lipinski definition) is 2. The molecule has 152 valence electrons. The zero-order valence-electron chi connectivity index (χ0n) is 17.5. The molecule has 5 heteroatoms. The number of benzene rings is 2. The highest BCUT2D eigenvalue weighted by atomic mass is 16.5. The number of nitrogens with zero attached hydrogens (tertiary/aromatic N) is 2. The zero-order valence-corrected chi connectivity index (χ0v) is 17.5. The predicted molar refractivity (Wildman–Crippen MR) is 118 cm³/mol. The maximum absolute atomic E-state index is 5.34. The van der Waals surface area contributed by atoms with Crippen molar-refractivity contribution in [2.45, 2.75) is 25.9 Å². The van der Waals surface area contributed by atoms with Gasteiger partial charge in [-0.1, -0.05) is 31.2 Å². The Hall–Kier alpha value is -2.47. The lowest BCUT2D eigenvalue weighted by Gasteiger charge is -2.25. The SMILES string of the molecule is CCc1ccc(CN(C)CC2CNNC2c2ccc3cc(OC)ccc3c2)nc1. The van der Waals surface area contributed by atoms with E-state index in [0.29, 0.717) is 12.0 Å². The summed E-state index contributed by atoms with van der Waals surface area (Å²) in [5, 5.41) is 2.44. The van der Waals surface area contributed by atoms with Gasteiger partial charge >= 0.3 is 0 Å². The van der Waals surface area contributed by atoms with E-state index in [0.717, 1.165) is 37.5 Å². The molecule has 5 nitrogen and oxygen atoms in total. The summed E-state index contributed by atoms with van der Waals surface area (Å²) in [6.07, 6.45) is 3.03. The van der Waals surface area contributed by atoms with Crippen molar-refractivity contribution < 1.29 is 4.74 Å². The van der Waals surface area contributed by atoms with Crippen LogP contribution >= 0.6 is 0 Å². The first-order valence-corrected chi connectivity index (χ1v) is 10.3. The summed E-state index contributed by atoms with van der Waals surface area (Å²) in [4.78, 5) is 6.97. The number of aryl methyl sites for hydroxylation is 1. The number of methoxy groups -OCH3 is 1. The highest BCUT2D eigenvalue weighted by Gasteiger charge is 2.29. The normalized spacial score (nSPS) is 19.2. The highest BCUT2D eigenvalue weighted by molar-refractivity contribution is 5.84. The molecule has 2 unspecified atom stereocenters. The van der Waals surface area contributed by atoms with Gasteiger partial charge in [-0.05, 0) is 59.6 Å². The van der Waals surface area contributed by atoms with Crippen molar-refractivity contribution in [3.8, 4) is 5.75 Å². The van der Waals surface area contributed by atoms with Gasteiger partial charge in [-0.15, -0.1) is 0 Å². The van der Waals surface area contributed by atoms with Crippen LogP contribution in [-0.4, -0.2) is 37.1 Å². The number of fused-ring (bicyclic) bond motifs is 1. The fraction of sp³-hybridized carbons (Fsp3) is 0.375. The second-order valence-corrected chi connectivity index (χ2v) is 7.94. The van der Waals surface area contributed by atoms with E-state index in [4.69, 9.17) is 4.74 Å². The highest BCUT2D eigenvalue weighted by Crippen LogP contribution is 2.29. The van der Waals surface area contributed by atoms with Gasteiger partial charge in [0.25, 0.3) is 0 Å². The van der Waals surface area contributed by atoms with Crippen LogP contribution in [0.5, 0.6) is 5.75 Å². The second-order valence-electron chi connectivity index (χ2n) is 7.94. The van der Waals surface area contributed by atoms with Crippen LogP contribution in [0, 0.1) is 5.92 Å². The van der Waals surface area contributed by atoms with Gasteiger partial charge in [-0.2, -0.15) is 0 Å². The molecule has 2 N–H and O–H groups in total. The van der Waals surface area contributed by atoms with E-state index in [1.54, 1.807) is 7.11 Å².